The van der Waals surface area contributed by atoms with Gasteiger partial charge in [0.2, 0.25) is 0 Å². The Morgan fingerprint density at radius 1 is 1.17 bits per heavy atom. The standard InChI is InChI=1S/C5H14N2O3S.Na.H/c6-3-1-5(2-4-7)11(8,9)10;;/h5H,1-4,6-7H2,(H,8,9,10);;. The predicted molar refractivity (Wildman–Crippen MR) is 49.8 cm³/mol. The Morgan fingerprint density at radius 3 is 1.67 bits per heavy atom. The van der Waals surface area contributed by atoms with Crippen LogP contribution in [0.1, 0.15) is 12.8 Å². The van der Waals surface area contributed by atoms with Gasteiger partial charge in [-0.15, -0.1) is 0 Å². The topological polar surface area (TPSA) is 106 Å². The molecule has 0 aromatic carbocycles. The van der Waals surface area contributed by atoms with Crippen molar-refractivity contribution in [3.63, 3.8) is 0 Å². The molecule has 0 unspecified atom stereocenters. The average molecular weight is 206 g/mol. The molecule has 0 heterocycles. The second-order valence-corrected chi connectivity index (χ2v) is 3.99. The Balaban J connectivity index is 0. The summed E-state index contributed by atoms with van der Waals surface area (Å²) in [4.78, 5) is 0. The van der Waals surface area contributed by atoms with Crippen molar-refractivity contribution in [3.05, 3.63) is 0 Å². The van der Waals surface area contributed by atoms with Crippen LogP contribution in [-0.2, 0) is 10.1 Å². The molecule has 5 N–H and O–H groups in total. The third-order valence-corrected chi connectivity index (χ3v) is 2.71. The van der Waals surface area contributed by atoms with Crippen molar-refractivity contribution in [1.82, 2.24) is 0 Å². The van der Waals surface area contributed by atoms with Crippen LogP contribution in [0, 0.1) is 0 Å². The molecule has 0 rings (SSSR count). The van der Waals surface area contributed by atoms with Gasteiger partial charge in [0.1, 0.15) is 0 Å². The van der Waals surface area contributed by atoms with E-state index in [-0.39, 0.29) is 55.5 Å². The predicted octanol–water partition coefficient (Wildman–Crippen LogP) is -1.71. The van der Waals surface area contributed by atoms with Crippen molar-refractivity contribution in [2.45, 2.75) is 18.1 Å². The molecule has 0 aliphatic rings. The summed E-state index contributed by atoms with van der Waals surface area (Å²) in [5, 5.41) is -0.794. The number of hydrogen-bond donors (Lipinski definition) is 3. The summed E-state index contributed by atoms with van der Waals surface area (Å²) < 4.78 is 29.7. The molecule has 7 heteroatoms. The maximum atomic E-state index is 10.6. The fraction of sp³-hybridized carbons (Fsp3) is 1.00. The van der Waals surface area contributed by atoms with Crippen LogP contribution in [0.4, 0.5) is 0 Å². The molecule has 0 atom stereocenters. The van der Waals surface area contributed by atoms with Crippen LogP contribution >= 0.6 is 0 Å². The molecule has 70 valence electrons. The molecule has 0 aliphatic heterocycles. The van der Waals surface area contributed by atoms with E-state index in [2.05, 4.69) is 0 Å². The van der Waals surface area contributed by atoms with E-state index in [9.17, 15) is 8.42 Å². The Bertz CT molecular complexity index is 189. The fourth-order valence-electron chi connectivity index (χ4n) is 0.814. The van der Waals surface area contributed by atoms with Gasteiger partial charge >= 0.3 is 29.6 Å². The first-order valence-electron chi connectivity index (χ1n) is 3.38. The minimum absolute atomic E-state index is 0. The molecule has 0 aromatic rings. The van der Waals surface area contributed by atoms with E-state index in [1.807, 2.05) is 0 Å². The van der Waals surface area contributed by atoms with Crippen molar-refractivity contribution < 1.29 is 13.0 Å². The zero-order valence-electron chi connectivity index (χ0n) is 6.23. The minimum atomic E-state index is -3.95. The SMILES string of the molecule is NCCC(CCN)S(=O)(=O)O.[NaH]. The third-order valence-electron chi connectivity index (χ3n) is 1.40. The Hall–Kier alpha value is 0.830. The van der Waals surface area contributed by atoms with Gasteiger partial charge in [-0.1, -0.05) is 0 Å². The van der Waals surface area contributed by atoms with Gasteiger partial charge in [-0.25, -0.2) is 0 Å². The zero-order valence-corrected chi connectivity index (χ0v) is 7.05. The van der Waals surface area contributed by atoms with Crippen LogP contribution in [0.5, 0.6) is 0 Å². The van der Waals surface area contributed by atoms with Crippen LogP contribution in [0.2, 0.25) is 0 Å². The monoisotopic (exact) mass is 206 g/mol. The van der Waals surface area contributed by atoms with Crippen molar-refractivity contribution in [2.24, 2.45) is 11.5 Å². The van der Waals surface area contributed by atoms with E-state index in [1.54, 1.807) is 0 Å². The molecule has 5 nitrogen and oxygen atoms in total. The molecule has 0 saturated carbocycles. The number of nitrogens with two attached hydrogens (primary N) is 2. The van der Waals surface area contributed by atoms with E-state index in [1.165, 1.54) is 0 Å². The fourth-order valence-corrected chi connectivity index (χ4v) is 1.68. The van der Waals surface area contributed by atoms with E-state index in [4.69, 9.17) is 16.0 Å². The van der Waals surface area contributed by atoms with Crippen LogP contribution in [0.3, 0.4) is 0 Å². The molecular formula is C5H15N2NaO3S. The van der Waals surface area contributed by atoms with Crippen LogP contribution in [0.25, 0.3) is 0 Å². The van der Waals surface area contributed by atoms with Crippen LogP contribution < -0.4 is 11.5 Å². The van der Waals surface area contributed by atoms with Gasteiger partial charge in [0.15, 0.2) is 0 Å². The summed E-state index contributed by atoms with van der Waals surface area (Å²) in [5.41, 5.74) is 10.3. The van der Waals surface area contributed by atoms with Gasteiger partial charge in [-0.3, -0.25) is 4.55 Å². The molecule has 0 aliphatic carbocycles. The van der Waals surface area contributed by atoms with E-state index in [0.29, 0.717) is 0 Å². The number of hydrogen-bond acceptors (Lipinski definition) is 4. The summed E-state index contributed by atoms with van der Waals surface area (Å²) in [6.45, 7) is 0.481. The van der Waals surface area contributed by atoms with Crippen molar-refractivity contribution in [3.8, 4) is 0 Å². The molecular weight excluding hydrogens is 191 g/mol. The molecule has 0 amide bonds. The van der Waals surface area contributed by atoms with Gasteiger partial charge in [-0.2, -0.15) is 8.42 Å². The Labute approximate surface area is 94.9 Å². The molecule has 12 heavy (non-hydrogen) atoms. The summed E-state index contributed by atoms with van der Waals surface area (Å²) in [7, 11) is -3.95. The van der Waals surface area contributed by atoms with Gasteiger partial charge in [0.05, 0.1) is 5.25 Å². The van der Waals surface area contributed by atoms with Crippen molar-refractivity contribution >= 4 is 39.7 Å². The first-order valence-corrected chi connectivity index (χ1v) is 4.89. The number of rotatable bonds is 5. The van der Waals surface area contributed by atoms with E-state index >= 15 is 0 Å². The zero-order chi connectivity index (χ0) is 8.91. The molecule has 0 bridgehead atoms. The third kappa shape index (κ3) is 6.36. The Morgan fingerprint density at radius 2 is 1.50 bits per heavy atom. The Kier molecular flexibility index (Phi) is 9.25. The van der Waals surface area contributed by atoms with Crippen molar-refractivity contribution in [2.75, 3.05) is 13.1 Å². The summed E-state index contributed by atoms with van der Waals surface area (Å²) in [6, 6.07) is 0. The van der Waals surface area contributed by atoms with Crippen LogP contribution in [-0.4, -0.2) is 60.9 Å². The first-order chi connectivity index (χ1) is 5.02. The quantitative estimate of drug-likeness (QED) is 0.367. The van der Waals surface area contributed by atoms with Gasteiger partial charge in [0.25, 0.3) is 10.1 Å². The summed E-state index contributed by atoms with van der Waals surface area (Å²) in [6.07, 6.45) is 0.520. The second-order valence-electron chi connectivity index (χ2n) is 2.29. The molecule has 0 fully saturated rings. The molecule has 0 spiro atoms. The van der Waals surface area contributed by atoms with Crippen molar-refractivity contribution in [1.29, 1.82) is 0 Å². The molecule has 0 aromatic heterocycles. The molecule has 0 saturated heterocycles. The summed E-state index contributed by atoms with van der Waals surface area (Å²) in [5.74, 6) is 0. The van der Waals surface area contributed by atoms with E-state index in [0.717, 1.165) is 0 Å². The van der Waals surface area contributed by atoms with Gasteiger partial charge < -0.3 is 11.5 Å². The maximum absolute atomic E-state index is 10.6. The average Bonchev–Trinajstić information content (AvgIpc) is 1.85. The van der Waals surface area contributed by atoms with E-state index < -0.39 is 15.4 Å². The normalized spacial score (nSPS) is 11.3. The van der Waals surface area contributed by atoms with Gasteiger partial charge in [0, 0.05) is 0 Å². The van der Waals surface area contributed by atoms with Gasteiger partial charge in [-0.05, 0) is 25.9 Å². The second kappa shape index (κ2) is 7.25. The summed E-state index contributed by atoms with van der Waals surface area (Å²) >= 11 is 0. The van der Waals surface area contributed by atoms with Crippen LogP contribution in [0.15, 0.2) is 0 Å². The first kappa shape index (κ1) is 15.3. The molecule has 0 radical (unpaired) electrons.